The van der Waals surface area contributed by atoms with Crippen LogP contribution in [0.25, 0.3) is 11.1 Å². The van der Waals surface area contributed by atoms with Crippen molar-refractivity contribution in [1.29, 1.82) is 0 Å². The Kier molecular flexibility index (Phi) is 10.6. The summed E-state index contributed by atoms with van der Waals surface area (Å²) in [5, 5.41) is 0. The maximum absolute atomic E-state index is 15.3. The second-order valence-corrected chi connectivity index (χ2v) is 13.8. The van der Waals surface area contributed by atoms with Gasteiger partial charge in [-0.15, -0.1) is 0 Å². The molecule has 0 N–H and O–H groups in total. The Morgan fingerprint density at radius 1 is 0.564 bits per heavy atom. The summed E-state index contributed by atoms with van der Waals surface area (Å²) < 4.78 is 15.3. The van der Waals surface area contributed by atoms with Crippen LogP contribution in [0.1, 0.15) is 152 Å². The first-order chi connectivity index (χ1) is 19.1. The third-order valence-corrected chi connectivity index (χ3v) is 11.2. The van der Waals surface area contributed by atoms with Gasteiger partial charge in [0.05, 0.1) is 0 Å². The lowest BCUT2D eigenvalue weighted by Gasteiger charge is -2.38. The van der Waals surface area contributed by atoms with Crippen molar-refractivity contribution in [1.82, 2.24) is 0 Å². The molecule has 0 heterocycles. The van der Waals surface area contributed by atoms with E-state index >= 15 is 4.39 Å². The predicted molar refractivity (Wildman–Crippen MR) is 166 cm³/mol. The van der Waals surface area contributed by atoms with Crippen LogP contribution in [0, 0.1) is 29.5 Å². The van der Waals surface area contributed by atoms with Gasteiger partial charge < -0.3 is 0 Å². The van der Waals surface area contributed by atoms with E-state index < -0.39 is 0 Å². The molecule has 0 aromatic heterocycles. The minimum atomic E-state index is -0.0449. The van der Waals surface area contributed by atoms with Crippen LogP contribution >= 0.6 is 0 Å². The maximum atomic E-state index is 15.3. The Morgan fingerprint density at radius 3 is 1.72 bits per heavy atom. The molecule has 0 unspecified atom stereocenters. The van der Waals surface area contributed by atoms with Crippen molar-refractivity contribution >= 4 is 0 Å². The van der Waals surface area contributed by atoms with Gasteiger partial charge in [0.25, 0.3) is 0 Å². The molecule has 0 aliphatic heterocycles. The van der Waals surface area contributed by atoms with Crippen molar-refractivity contribution in [2.45, 2.75) is 141 Å². The zero-order valence-electron chi connectivity index (χ0n) is 25.1. The summed E-state index contributed by atoms with van der Waals surface area (Å²) in [4.78, 5) is 0. The SMILES string of the molecule is CCCCCC1CCC(C2CCC(c3ccc(-c4ccc(C5CCC(CCC)CC5)cc4F)cc3)CC2)CC1. The van der Waals surface area contributed by atoms with E-state index in [0.29, 0.717) is 11.8 Å². The summed E-state index contributed by atoms with van der Waals surface area (Å²) in [5.74, 6) is 5.06. The molecule has 3 aliphatic carbocycles. The Bertz CT molecular complexity index is 982. The van der Waals surface area contributed by atoms with E-state index in [4.69, 9.17) is 0 Å². The van der Waals surface area contributed by atoms with Crippen molar-refractivity contribution in [3.63, 3.8) is 0 Å². The van der Waals surface area contributed by atoms with Gasteiger partial charge in [-0.05, 0) is 122 Å². The summed E-state index contributed by atoms with van der Waals surface area (Å²) in [6.45, 7) is 4.61. The quantitative estimate of drug-likeness (QED) is 0.268. The van der Waals surface area contributed by atoms with Crippen molar-refractivity contribution in [2.75, 3.05) is 0 Å². The fourth-order valence-electron chi connectivity index (χ4n) is 8.70. The van der Waals surface area contributed by atoms with Gasteiger partial charge >= 0.3 is 0 Å². The van der Waals surface area contributed by atoms with Gasteiger partial charge in [-0.25, -0.2) is 4.39 Å². The third-order valence-electron chi connectivity index (χ3n) is 11.2. The van der Waals surface area contributed by atoms with E-state index in [0.717, 1.165) is 34.8 Å². The summed E-state index contributed by atoms with van der Waals surface area (Å²) in [6, 6.07) is 15.0. The van der Waals surface area contributed by atoms with Crippen LogP contribution in [-0.2, 0) is 0 Å². The van der Waals surface area contributed by atoms with Crippen molar-refractivity contribution < 1.29 is 4.39 Å². The zero-order chi connectivity index (χ0) is 27.0. The van der Waals surface area contributed by atoms with E-state index in [-0.39, 0.29) is 5.82 Å². The summed E-state index contributed by atoms with van der Waals surface area (Å²) in [5.41, 5.74) is 4.47. The van der Waals surface area contributed by atoms with Crippen LogP contribution in [0.3, 0.4) is 0 Å². The number of benzene rings is 2. The minimum absolute atomic E-state index is 0.0449. The highest BCUT2D eigenvalue weighted by Crippen LogP contribution is 2.45. The Morgan fingerprint density at radius 2 is 1.10 bits per heavy atom. The molecule has 0 nitrogen and oxygen atoms in total. The van der Waals surface area contributed by atoms with Crippen molar-refractivity contribution in [2.24, 2.45) is 23.7 Å². The molecule has 0 amide bonds. The molecule has 3 fully saturated rings. The van der Waals surface area contributed by atoms with Gasteiger partial charge in [-0.3, -0.25) is 0 Å². The Labute approximate surface area is 239 Å². The first-order valence-electron chi connectivity index (χ1n) is 17.0. The molecule has 0 radical (unpaired) electrons. The highest BCUT2D eigenvalue weighted by atomic mass is 19.1. The molecule has 3 saturated carbocycles. The molecule has 39 heavy (non-hydrogen) atoms. The molecule has 0 saturated heterocycles. The molecule has 2 aromatic rings. The monoisotopic (exact) mass is 530 g/mol. The number of halogens is 1. The number of rotatable bonds is 10. The van der Waals surface area contributed by atoms with Gasteiger partial charge in [0.2, 0.25) is 0 Å². The van der Waals surface area contributed by atoms with E-state index in [1.54, 1.807) is 0 Å². The summed E-state index contributed by atoms with van der Waals surface area (Å²) in [6.07, 6.45) is 24.9. The van der Waals surface area contributed by atoms with Crippen LogP contribution < -0.4 is 0 Å². The average molecular weight is 531 g/mol. The van der Waals surface area contributed by atoms with Crippen molar-refractivity contribution in [3.05, 3.63) is 59.4 Å². The van der Waals surface area contributed by atoms with E-state index in [1.165, 1.54) is 127 Å². The van der Waals surface area contributed by atoms with Crippen LogP contribution in [0.4, 0.5) is 4.39 Å². The smallest absolute Gasteiger partial charge is 0.131 e. The second-order valence-electron chi connectivity index (χ2n) is 13.8. The third kappa shape index (κ3) is 7.56. The van der Waals surface area contributed by atoms with E-state index in [2.05, 4.69) is 44.2 Å². The largest absolute Gasteiger partial charge is 0.206 e. The van der Waals surface area contributed by atoms with Crippen LogP contribution in [0.15, 0.2) is 42.5 Å². The lowest BCUT2D eigenvalue weighted by molar-refractivity contribution is 0.155. The molecule has 0 bridgehead atoms. The highest BCUT2D eigenvalue weighted by molar-refractivity contribution is 5.65. The number of hydrogen-bond acceptors (Lipinski definition) is 0. The van der Waals surface area contributed by atoms with Gasteiger partial charge in [0.15, 0.2) is 0 Å². The molecule has 1 heteroatoms. The predicted octanol–water partition coefficient (Wildman–Crippen LogP) is 12.2. The summed E-state index contributed by atoms with van der Waals surface area (Å²) >= 11 is 0. The molecule has 0 spiro atoms. The van der Waals surface area contributed by atoms with Crippen molar-refractivity contribution in [3.8, 4) is 11.1 Å². The first-order valence-corrected chi connectivity index (χ1v) is 17.0. The second kappa shape index (κ2) is 14.3. The standard InChI is InChI=1S/C38H55F/c1-3-5-6-8-29-11-13-30(14-12-29)31-17-19-32(20-18-31)33-21-23-35(24-22-33)37-26-25-36(27-38(37)39)34-15-9-28(7-4-2)10-16-34/h21-32,34H,3-20H2,1-2H3. The first kappa shape index (κ1) is 28.9. The molecule has 3 aliphatic rings. The van der Waals surface area contributed by atoms with Crippen LogP contribution in [0.2, 0.25) is 0 Å². The molecule has 214 valence electrons. The van der Waals surface area contributed by atoms with Gasteiger partial charge in [0, 0.05) is 5.56 Å². The summed E-state index contributed by atoms with van der Waals surface area (Å²) in [7, 11) is 0. The lowest BCUT2D eigenvalue weighted by Crippen LogP contribution is -2.25. The average Bonchev–Trinajstić information content (AvgIpc) is 2.98. The number of hydrogen-bond donors (Lipinski definition) is 0. The van der Waals surface area contributed by atoms with Gasteiger partial charge in [-0.1, -0.05) is 102 Å². The van der Waals surface area contributed by atoms with Gasteiger partial charge in [0.1, 0.15) is 5.82 Å². The maximum Gasteiger partial charge on any atom is 0.131 e. The molecule has 0 atom stereocenters. The fourth-order valence-corrected chi connectivity index (χ4v) is 8.70. The topological polar surface area (TPSA) is 0 Å². The minimum Gasteiger partial charge on any atom is -0.206 e. The fraction of sp³-hybridized carbons (Fsp3) is 0.684. The van der Waals surface area contributed by atoms with Crippen LogP contribution in [-0.4, -0.2) is 0 Å². The normalized spacial score (nSPS) is 29.8. The molecule has 5 rings (SSSR count). The molecule has 2 aromatic carbocycles. The Balaban J connectivity index is 1.10. The lowest BCUT2D eigenvalue weighted by atomic mass is 9.68. The van der Waals surface area contributed by atoms with Crippen LogP contribution in [0.5, 0.6) is 0 Å². The Hall–Kier alpha value is -1.63. The highest BCUT2D eigenvalue weighted by Gasteiger charge is 2.31. The van der Waals surface area contributed by atoms with E-state index in [9.17, 15) is 0 Å². The van der Waals surface area contributed by atoms with E-state index in [1.807, 2.05) is 12.1 Å². The molecular weight excluding hydrogens is 475 g/mol. The molecular formula is C38H55F. The van der Waals surface area contributed by atoms with Gasteiger partial charge in [-0.2, -0.15) is 0 Å². The number of unbranched alkanes of at least 4 members (excludes halogenated alkanes) is 2. The zero-order valence-corrected chi connectivity index (χ0v) is 25.1.